The minimum atomic E-state index is -0.259. The molecule has 1 aliphatic heterocycles. The molecular formula is C27H36FN. The van der Waals surface area contributed by atoms with Gasteiger partial charge in [-0.2, -0.15) is 0 Å². The molecule has 0 saturated heterocycles. The summed E-state index contributed by atoms with van der Waals surface area (Å²) >= 11 is 0. The zero-order valence-corrected chi connectivity index (χ0v) is 19.4. The molecule has 0 aliphatic carbocycles. The smallest absolute Gasteiger partial charge is 0.130 e. The van der Waals surface area contributed by atoms with Gasteiger partial charge in [0.25, 0.3) is 0 Å². The lowest BCUT2D eigenvalue weighted by Crippen LogP contribution is -2.42. The minimum absolute atomic E-state index is 0.000427. The number of halogens is 1. The van der Waals surface area contributed by atoms with Crippen LogP contribution < -0.4 is 4.90 Å². The first-order valence-corrected chi connectivity index (χ1v) is 10.9. The number of hydrogen-bond acceptors (Lipinski definition) is 1. The van der Waals surface area contributed by atoms with Crippen LogP contribution in [0, 0.1) is 31.5 Å². The van der Waals surface area contributed by atoms with E-state index in [0.717, 1.165) is 35.2 Å². The predicted molar refractivity (Wildman–Crippen MR) is 124 cm³/mol. The van der Waals surface area contributed by atoms with E-state index in [9.17, 15) is 0 Å². The Hall–Kier alpha value is -2.09. The highest BCUT2D eigenvalue weighted by Gasteiger charge is 2.35. The fraction of sp³-hybridized carbons (Fsp3) is 0.481. The number of nitrogens with zero attached hydrogens (tertiary/aromatic N) is 1. The highest BCUT2D eigenvalue weighted by molar-refractivity contribution is 5.78. The van der Waals surface area contributed by atoms with Gasteiger partial charge >= 0.3 is 0 Å². The van der Waals surface area contributed by atoms with Crippen molar-refractivity contribution in [2.75, 3.05) is 11.9 Å². The summed E-state index contributed by atoms with van der Waals surface area (Å²) in [5, 5.41) is 0. The highest BCUT2D eigenvalue weighted by Crippen LogP contribution is 2.44. The molecular weight excluding hydrogens is 357 g/mol. The number of aryl methyl sites for hydroxylation is 2. The van der Waals surface area contributed by atoms with Gasteiger partial charge in [0.05, 0.1) is 5.54 Å². The molecule has 0 aromatic heterocycles. The Morgan fingerprint density at radius 2 is 1.66 bits per heavy atom. The summed E-state index contributed by atoms with van der Waals surface area (Å²) in [5.74, 6) is 0.831. The van der Waals surface area contributed by atoms with Gasteiger partial charge in [0.1, 0.15) is 5.82 Å². The van der Waals surface area contributed by atoms with E-state index in [4.69, 9.17) is 0 Å². The number of benzene rings is 2. The van der Waals surface area contributed by atoms with E-state index in [0.29, 0.717) is 11.8 Å². The number of likely N-dealkylation sites (N-methyl/N-ethyl adjacent to an activating group) is 1. The average Bonchev–Trinajstić information content (AvgIpc) is 2.63. The molecule has 1 nitrogen and oxygen atoms in total. The summed E-state index contributed by atoms with van der Waals surface area (Å²) < 4.78 is 15.5. The first-order chi connectivity index (χ1) is 13.5. The van der Waals surface area contributed by atoms with Gasteiger partial charge in [0.15, 0.2) is 0 Å². The van der Waals surface area contributed by atoms with Crippen LogP contribution in [0.4, 0.5) is 10.1 Å². The van der Waals surface area contributed by atoms with Crippen LogP contribution in [0.1, 0.15) is 68.0 Å². The Morgan fingerprint density at radius 3 is 2.28 bits per heavy atom. The fourth-order valence-corrected chi connectivity index (χ4v) is 4.59. The maximum absolute atomic E-state index is 15.5. The molecule has 1 heterocycles. The Morgan fingerprint density at radius 1 is 1.00 bits per heavy atom. The maximum Gasteiger partial charge on any atom is 0.130 e. The summed E-state index contributed by atoms with van der Waals surface area (Å²) in [6.45, 7) is 15.2. The van der Waals surface area contributed by atoms with Gasteiger partial charge in [-0.1, -0.05) is 63.6 Å². The molecule has 0 amide bonds. The van der Waals surface area contributed by atoms with Crippen molar-refractivity contribution in [1.82, 2.24) is 0 Å². The number of anilines is 1. The van der Waals surface area contributed by atoms with Crippen LogP contribution in [-0.4, -0.2) is 7.05 Å². The zero-order chi connectivity index (χ0) is 21.5. The number of hydrogen-bond donors (Lipinski definition) is 0. The third kappa shape index (κ3) is 3.99. The molecule has 29 heavy (non-hydrogen) atoms. The van der Waals surface area contributed by atoms with Gasteiger partial charge in [-0.15, -0.1) is 0 Å². The Balaban J connectivity index is 2.21. The second-order valence-electron chi connectivity index (χ2n) is 9.82. The van der Waals surface area contributed by atoms with Gasteiger partial charge < -0.3 is 4.90 Å². The van der Waals surface area contributed by atoms with Crippen LogP contribution in [0.3, 0.4) is 0 Å². The molecule has 156 valence electrons. The van der Waals surface area contributed by atoms with Crippen molar-refractivity contribution in [3.05, 3.63) is 69.5 Å². The van der Waals surface area contributed by atoms with Gasteiger partial charge in [0, 0.05) is 18.3 Å². The average molecular weight is 394 g/mol. The van der Waals surface area contributed by atoms with Crippen molar-refractivity contribution < 1.29 is 4.39 Å². The van der Waals surface area contributed by atoms with Gasteiger partial charge in [-0.25, -0.2) is 4.39 Å². The zero-order valence-electron chi connectivity index (χ0n) is 19.4. The van der Waals surface area contributed by atoms with E-state index in [1.54, 1.807) is 0 Å². The van der Waals surface area contributed by atoms with Gasteiger partial charge in [0.2, 0.25) is 0 Å². The topological polar surface area (TPSA) is 3.24 Å². The SMILES string of the molecule is Cc1ccc(C)c(C2(C)C=Cc3c(cc(CC(C)C)c(F)c3CC(C)C)N2C)c1. The van der Waals surface area contributed by atoms with Crippen LogP contribution in [-0.2, 0) is 18.4 Å². The third-order valence-corrected chi connectivity index (χ3v) is 6.27. The first-order valence-electron chi connectivity index (χ1n) is 10.9. The normalized spacial score (nSPS) is 18.7. The van der Waals surface area contributed by atoms with Gasteiger partial charge in [-0.05, 0) is 73.8 Å². The van der Waals surface area contributed by atoms with Crippen molar-refractivity contribution >= 4 is 11.8 Å². The van der Waals surface area contributed by atoms with Crippen LogP contribution in [0.5, 0.6) is 0 Å². The second-order valence-corrected chi connectivity index (χ2v) is 9.82. The van der Waals surface area contributed by atoms with E-state index in [1.165, 1.54) is 16.7 Å². The second kappa shape index (κ2) is 7.97. The molecule has 2 heteroatoms. The van der Waals surface area contributed by atoms with Crippen LogP contribution >= 0.6 is 0 Å². The molecule has 1 unspecified atom stereocenters. The van der Waals surface area contributed by atoms with E-state index >= 15 is 4.39 Å². The van der Waals surface area contributed by atoms with Crippen molar-refractivity contribution in [1.29, 1.82) is 0 Å². The van der Waals surface area contributed by atoms with E-state index < -0.39 is 0 Å². The summed E-state index contributed by atoms with van der Waals surface area (Å²) in [6, 6.07) is 8.75. The summed E-state index contributed by atoms with van der Waals surface area (Å²) in [5.41, 5.74) is 7.51. The first kappa shape index (κ1) is 21.6. The Bertz CT molecular complexity index is 938. The third-order valence-electron chi connectivity index (χ3n) is 6.27. The van der Waals surface area contributed by atoms with Gasteiger partial charge in [-0.3, -0.25) is 0 Å². The van der Waals surface area contributed by atoms with Crippen molar-refractivity contribution in [2.45, 2.75) is 66.8 Å². The summed E-state index contributed by atoms with van der Waals surface area (Å²) in [7, 11) is 2.15. The molecule has 0 fully saturated rings. The predicted octanol–water partition coefficient (Wildman–Crippen LogP) is 7.22. The van der Waals surface area contributed by atoms with E-state index in [1.807, 2.05) is 0 Å². The summed E-state index contributed by atoms with van der Waals surface area (Å²) in [6.07, 6.45) is 5.94. The van der Waals surface area contributed by atoms with E-state index in [-0.39, 0.29) is 11.4 Å². The molecule has 0 bridgehead atoms. The van der Waals surface area contributed by atoms with E-state index in [2.05, 4.69) is 96.8 Å². The summed E-state index contributed by atoms with van der Waals surface area (Å²) in [4.78, 5) is 2.34. The van der Waals surface area contributed by atoms with Crippen molar-refractivity contribution in [3.63, 3.8) is 0 Å². The van der Waals surface area contributed by atoms with Crippen molar-refractivity contribution in [2.24, 2.45) is 11.8 Å². The maximum atomic E-state index is 15.5. The van der Waals surface area contributed by atoms with Crippen LogP contribution in [0.25, 0.3) is 6.08 Å². The van der Waals surface area contributed by atoms with Crippen LogP contribution in [0.15, 0.2) is 30.3 Å². The minimum Gasteiger partial charge on any atom is -0.361 e. The molecule has 0 spiro atoms. The highest BCUT2D eigenvalue weighted by atomic mass is 19.1. The molecule has 1 atom stereocenters. The number of fused-ring (bicyclic) bond motifs is 1. The Labute approximate surface area is 176 Å². The lowest BCUT2D eigenvalue weighted by atomic mass is 9.80. The lowest BCUT2D eigenvalue weighted by molar-refractivity contribution is 0.536. The molecule has 1 aliphatic rings. The number of rotatable bonds is 5. The standard InChI is InChI=1S/C27H36FN/c1-17(2)13-21-16-25-22(23(26(21)28)14-18(3)4)11-12-27(7,29(25)8)24-15-19(5)9-10-20(24)6/h9-12,15-18H,13-14H2,1-8H3. The molecule has 2 aromatic carbocycles. The molecule has 0 N–H and O–H groups in total. The van der Waals surface area contributed by atoms with Crippen LogP contribution in [0.2, 0.25) is 0 Å². The molecule has 0 radical (unpaired) electrons. The fourth-order valence-electron chi connectivity index (χ4n) is 4.59. The van der Waals surface area contributed by atoms with Crippen molar-refractivity contribution in [3.8, 4) is 0 Å². The Kier molecular flexibility index (Phi) is 5.94. The molecule has 0 saturated carbocycles. The largest absolute Gasteiger partial charge is 0.361 e. The quantitative estimate of drug-likeness (QED) is 0.518. The molecule has 3 rings (SSSR count). The lowest BCUT2D eigenvalue weighted by Gasteiger charge is -2.44. The molecule has 2 aromatic rings. The monoisotopic (exact) mass is 393 g/mol.